The molecule has 0 unspecified atom stereocenters. The van der Waals surface area contributed by atoms with E-state index in [2.05, 4.69) is 72.8 Å². The Morgan fingerprint density at radius 2 is 0.944 bits per heavy atom. The predicted molar refractivity (Wildman–Crippen MR) is 80.2 cm³/mol. The van der Waals surface area contributed by atoms with Crippen LogP contribution < -0.4 is 0 Å². The second-order valence-electron chi connectivity index (χ2n) is 4.20. The fourth-order valence-corrected chi connectivity index (χ4v) is 1.76. The van der Waals surface area contributed by atoms with Crippen molar-refractivity contribution in [2.45, 2.75) is 12.8 Å². The van der Waals surface area contributed by atoms with Crippen LogP contribution in [-0.2, 0) is 0 Å². The number of unbranched alkanes of at least 4 members (excludes halogenated alkanes) is 1. The summed E-state index contributed by atoms with van der Waals surface area (Å²) in [7, 11) is 0. The van der Waals surface area contributed by atoms with E-state index in [0.29, 0.717) is 0 Å². The average molecular weight is 234 g/mol. The van der Waals surface area contributed by atoms with E-state index >= 15 is 0 Å². The van der Waals surface area contributed by atoms with Gasteiger partial charge in [0.1, 0.15) is 0 Å². The highest BCUT2D eigenvalue weighted by atomic mass is 13.9. The van der Waals surface area contributed by atoms with Gasteiger partial charge in [0, 0.05) is 0 Å². The minimum atomic E-state index is 1.08. The van der Waals surface area contributed by atoms with Crippen molar-refractivity contribution < 1.29 is 0 Å². The molecular formula is C18H18. The summed E-state index contributed by atoms with van der Waals surface area (Å²) in [6.07, 6.45) is 11.0. The van der Waals surface area contributed by atoms with Crippen molar-refractivity contribution in [3.63, 3.8) is 0 Å². The predicted octanol–water partition coefficient (Wildman–Crippen LogP) is 5.19. The highest BCUT2D eigenvalue weighted by Crippen LogP contribution is 2.05. The second kappa shape index (κ2) is 7.29. The largest absolute Gasteiger partial charge is 0.0836 e. The quantitative estimate of drug-likeness (QED) is 0.624. The van der Waals surface area contributed by atoms with Crippen molar-refractivity contribution in [2.75, 3.05) is 0 Å². The van der Waals surface area contributed by atoms with Gasteiger partial charge in [-0.3, -0.25) is 0 Å². The maximum Gasteiger partial charge on any atom is -0.0260 e. The van der Waals surface area contributed by atoms with E-state index in [1.807, 2.05) is 12.1 Å². The molecule has 0 aromatic heterocycles. The van der Waals surface area contributed by atoms with Gasteiger partial charge >= 0.3 is 0 Å². The van der Waals surface area contributed by atoms with Crippen LogP contribution in [0.3, 0.4) is 0 Å². The molecule has 0 atom stereocenters. The summed E-state index contributed by atoms with van der Waals surface area (Å²) in [5, 5.41) is 0. The van der Waals surface area contributed by atoms with Crippen LogP contribution in [0.2, 0.25) is 0 Å². The normalized spacial score (nSPS) is 11.3. The second-order valence-corrected chi connectivity index (χ2v) is 4.20. The highest BCUT2D eigenvalue weighted by molar-refractivity contribution is 5.50. The monoisotopic (exact) mass is 234 g/mol. The first kappa shape index (κ1) is 12.4. The van der Waals surface area contributed by atoms with Crippen molar-refractivity contribution in [3.05, 3.63) is 83.9 Å². The van der Waals surface area contributed by atoms with E-state index in [-0.39, 0.29) is 0 Å². The molecule has 0 radical (unpaired) electrons. The zero-order valence-electron chi connectivity index (χ0n) is 10.5. The lowest BCUT2D eigenvalue weighted by molar-refractivity contribution is 1.06. The molecule has 0 nitrogen and oxygen atoms in total. The van der Waals surface area contributed by atoms with Gasteiger partial charge in [0.25, 0.3) is 0 Å². The smallest absolute Gasteiger partial charge is 0.0260 e. The van der Waals surface area contributed by atoms with Gasteiger partial charge in [-0.25, -0.2) is 0 Å². The van der Waals surface area contributed by atoms with Gasteiger partial charge in [0.05, 0.1) is 0 Å². The molecule has 2 aromatic carbocycles. The van der Waals surface area contributed by atoms with Crippen LogP contribution in [0.5, 0.6) is 0 Å². The molecule has 90 valence electrons. The molecule has 0 N–H and O–H groups in total. The number of allylic oxidation sites excluding steroid dienone is 2. The van der Waals surface area contributed by atoms with Gasteiger partial charge in [-0.2, -0.15) is 0 Å². The molecule has 0 saturated heterocycles. The van der Waals surface area contributed by atoms with Gasteiger partial charge in [0.2, 0.25) is 0 Å². The van der Waals surface area contributed by atoms with Crippen LogP contribution >= 0.6 is 0 Å². The fraction of sp³-hybridized carbons (Fsp3) is 0.111. The maximum absolute atomic E-state index is 2.23. The molecule has 0 bridgehead atoms. The van der Waals surface area contributed by atoms with E-state index in [1.54, 1.807) is 0 Å². The Morgan fingerprint density at radius 3 is 1.33 bits per heavy atom. The molecule has 0 spiro atoms. The zero-order chi connectivity index (χ0) is 12.5. The molecule has 2 rings (SSSR count). The van der Waals surface area contributed by atoms with Gasteiger partial charge in [-0.1, -0.05) is 85.0 Å². The number of rotatable bonds is 5. The first-order valence-electron chi connectivity index (χ1n) is 6.38. The van der Waals surface area contributed by atoms with Crippen LogP contribution in [0.25, 0.3) is 12.2 Å². The third-order valence-electron chi connectivity index (χ3n) is 2.72. The summed E-state index contributed by atoms with van der Waals surface area (Å²) in [4.78, 5) is 0. The minimum Gasteiger partial charge on any atom is -0.0836 e. The van der Waals surface area contributed by atoms with Gasteiger partial charge < -0.3 is 0 Å². The molecule has 0 aliphatic heterocycles. The molecule has 2 aromatic rings. The standard InChI is InChI=1S/C18H18/c1(5-11-17-13-7-3-8-14-17)2-6-12-18-15-9-4-10-16-18/h3-16H,1-2H2/b11-5+,12-6+. The van der Waals surface area contributed by atoms with Crippen LogP contribution in [0.15, 0.2) is 72.8 Å². The lowest BCUT2D eigenvalue weighted by atomic mass is 10.1. The van der Waals surface area contributed by atoms with E-state index in [4.69, 9.17) is 0 Å². The molecule has 0 heteroatoms. The SMILES string of the molecule is C(=C\c1ccccc1)/CC/C=C/c1ccccc1. The summed E-state index contributed by atoms with van der Waals surface area (Å²) in [6.45, 7) is 0. The average Bonchev–Trinajstić information content (AvgIpc) is 2.45. The van der Waals surface area contributed by atoms with E-state index < -0.39 is 0 Å². The van der Waals surface area contributed by atoms with Crippen LogP contribution in [-0.4, -0.2) is 0 Å². The minimum absolute atomic E-state index is 1.08. The Bertz CT molecular complexity index is 443. The van der Waals surface area contributed by atoms with Crippen molar-refractivity contribution in [2.24, 2.45) is 0 Å². The Hall–Kier alpha value is -2.08. The maximum atomic E-state index is 2.23. The molecule has 18 heavy (non-hydrogen) atoms. The fourth-order valence-electron chi connectivity index (χ4n) is 1.76. The number of benzene rings is 2. The lowest BCUT2D eigenvalue weighted by Gasteiger charge is -1.92. The summed E-state index contributed by atoms with van der Waals surface area (Å²) in [5.41, 5.74) is 2.54. The Labute approximate surface area is 109 Å². The van der Waals surface area contributed by atoms with Gasteiger partial charge in [-0.15, -0.1) is 0 Å². The van der Waals surface area contributed by atoms with Crippen molar-refractivity contribution >= 4 is 12.2 Å². The Morgan fingerprint density at radius 1 is 0.556 bits per heavy atom. The third-order valence-corrected chi connectivity index (χ3v) is 2.72. The Balaban J connectivity index is 1.73. The third kappa shape index (κ3) is 4.42. The van der Waals surface area contributed by atoms with Crippen molar-refractivity contribution in [1.82, 2.24) is 0 Å². The molecule has 0 saturated carbocycles. The molecule has 0 amide bonds. The zero-order valence-corrected chi connectivity index (χ0v) is 10.5. The topological polar surface area (TPSA) is 0 Å². The summed E-state index contributed by atoms with van der Waals surface area (Å²) in [5.74, 6) is 0. The summed E-state index contributed by atoms with van der Waals surface area (Å²) < 4.78 is 0. The first-order chi connectivity index (χ1) is 8.95. The van der Waals surface area contributed by atoms with E-state index in [9.17, 15) is 0 Å². The van der Waals surface area contributed by atoms with Crippen LogP contribution in [0, 0.1) is 0 Å². The highest BCUT2D eigenvalue weighted by Gasteiger charge is 1.84. The van der Waals surface area contributed by atoms with E-state index in [0.717, 1.165) is 12.8 Å². The summed E-state index contributed by atoms with van der Waals surface area (Å²) in [6, 6.07) is 20.8. The number of hydrogen-bond donors (Lipinski definition) is 0. The molecule has 0 aliphatic carbocycles. The summed E-state index contributed by atoms with van der Waals surface area (Å²) >= 11 is 0. The van der Waals surface area contributed by atoms with Crippen LogP contribution in [0.4, 0.5) is 0 Å². The Kier molecular flexibility index (Phi) is 5.01. The lowest BCUT2D eigenvalue weighted by Crippen LogP contribution is -1.71. The molecule has 0 heterocycles. The first-order valence-corrected chi connectivity index (χ1v) is 6.38. The van der Waals surface area contributed by atoms with Gasteiger partial charge in [-0.05, 0) is 24.0 Å². The molecule has 0 aliphatic rings. The van der Waals surface area contributed by atoms with Crippen LogP contribution in [0.1, 0.15) is 24.0 Å². The van der Waals surface area contributed by atoms with Crippen molar-refractivity contribution in [1.29, 1.82) is 0 Å². The van der Waals surface area contributed by atoms with E-state index in [1.165, 1.54) is 11.1 Å². The van der Waals surface area contributed by atoms with Gasteiger partial charge in [0.15, 0.2) is 0 Å². The number of hydrogen-bond acceptors (Lipinski definition) is 0. The van der Waals surface area contributed by atoms with Crippen molar-refractivity contribution in [3.8, 4) is 0 Å². The molecule has 0 fully saturated rings. The molecular weight excluding hydrogens is 216 g/mol.